The van der Waals surface area contributed by atoms with Crippen LogP contribution >= 0.6 is 11.3 Å². The van der Waals surface area contributed by atoms with Gasteiger partial charge in [-0.1, -0.05) is 0 Å². The maximum absolute atomic E-state index is 11.8. The molecule has 2 heterocycles. The highest BCUT2D eigenvalue weighted by molar-refractivity contribution is 7.09. The zero-order valence-corrected chi connectivity index (χ0v) is 10.0. The van der Waals surface area contributed by atoms with Crippen LogP contribution in [0.25, 0.3) is 0 Å². The molecule has 1 saturated heterocycles. The first-order chi connectivity index (χ1) is 8.03. The Morgan fingerprint density at radius 3 is 2.88 bits per heavy atom. The number of aliphatic carboxylic acids is 1. The SMILES string of the molecule is Cc1nc(C(=O)NC2(C(=O)O)CCOC2)cs1. The molecule has 1 atom stereocenters. The van der Waals surface area contributed by atoms with Gasteiger partial charge in [-0.05, 0) is 6.92 Å². The number of carbonyl (C=O) groups is 2. The molecule has 0 aliphatic carbocycles. The van der Waals surface area contributed by atoms with Gasteiger partial charge in [-0.15, -0.1) is 11.3 Å². The van der Waals surface area contributed by atoms with Crippen molar-refractivity contribution in [2.24, 2.45) is 0 Å². The van der Waals surface area contributed by atoms with E-state index in [1.54, 1.807) is 12.3 Å². The number of nitrogens with zero attached hydrogens (tertiary/aromatic N) is 1. The van der Waals surface area contributed by atoms with Gasteiger partial charge >= 0.3 is 5.97 Å². The quantitative estimate of drug-likeness (QED) is 0.818. The zero-order chi connectivity index (χ0) is 12.5. The van der Waals surface area contributed by atoms with E-state index in [1.807, 2.05) is 0 Å². The van der Waals surface area contributed by atoms with Crippen molar-refractivity contribution in [3.63, 3.8) is 0 Å². The van der Waals surface area contributed by atoms with E-state index in [2.05, 4.69) is 10.3 Å². The highest BCUT2D eigenvalue weighted by Crippen LogP contribution is 2.20. The van der Waals surface area contributed by atoms with Gasteiger partial charge in [-0.2, -0.15) is 0 Å². The molecule has 1 aliphatic rings. The van der Waals surface area contributed by atoms with E-state index >= 15 is 0 Å². The van der Waals surface area contributed by atoms with Crippen LogP contribution in [-0.2, 0) is 9.53 Å². The molecule has 1 fully saturated rings. The van der Waals surface area contributed by atoms with Crippen LogP contribution in [0, 0.1) is 6.92 Å². The number of hydrogen-bond donors (Lipinski definition) is 2. The number of nitrogens with one attached hydrogen (secondary N) is 1. The minimum atomic E-state index is -1.31. The molecular formula is C10H12N2O4S. The number of aryl methyl sites for hydroxylation is 1. The number of aromatic nitrogens is 1. The van der Waals surface area contributed by atoms with Crippen molar-refractivity contribution in [1.82, 2.24) is 10.3 Å². The molecule has 1 amide bonds. The lowest BCUT2D eigenvalue weighted by molar-refractivity contribution is -0.144. The van der Waals surface area contributed by atoms with Crippen LogP contribution in [0.4, 0.5) is 0 Å². The third-order valence-electron chi connectivity index (χ3n) is 2.64. The predicted octanol–water partition coefficient (Wildman–Crippen LogP) is 0.425. The fourth-order valence-electron chi connectivity index (χ4n) is 1.63. The predicted molar refractivity (Wildman–Crippen MR) is 60.1 cm³/mol. The van der Waals surface area contributed by atoms with E-state index < -0.39 is 17.4 Å². The Morgan fingerprint density at radius 1 is 1.65 bits per heavy atom. The molecule has 1 unspecified atom stereocenters. The van der Waals surface area contributed by atoms with Gasteiger partial charge in [-0.3, -0.25) is 4.79 Å². The summed E-state index contributed by atoms with van der Waals surface area (Å²) in [4.78, 5) is 27.0. The molecule has 0 radical (unpaired) electrons. The van der Waals surface area contributed by atoms with Crippen molar-refractivity contribution in [1.29, 1.82) is 0 Å². The number of carboxylic acid groups (broad SMARTS) is 1. The highest BCUT2D eigenvalue weighted by Gasteiger charge is 2.44. The second-order valence-corrected chi connectivity index (χ2v) is 4.96. The Bertz CT molecular complexity index is 451. The molecule has 6 nitrogen and oxygen atoms in total. The van der Waals surface area contributed by atoms with Gasteiger partial charge in [0.15, 0.2) is 5.54 Å². The summed E-state index contributed by atoms with van der Waals surface area (Å²) < 4.78 is 5.05. The van der Waals surface area contributed by atoms with Gasteiger partial charge in [0.1, 0.15) is 5.69 Å². The maximum atomic E-state index is 11.8. The topological polar surface area (TPSA) is 88.5 Å². The van der Waals surface area contributed by atoms with Crippen LogP contribution in [0.1, 0.15) is 21.9 Å². The Hall–Kier alpha value is -1.47. The number of rotatable bonds is 3. The minimum Gasteiger partial charge on any atom is -0.479 e. The van der Waals surface area contributed by atoms with Crippen LogP contribution in [0.3, 0.4) is 0 Å². The molecule has 7 heteroatoms. The van der Waals surface area contributed by atoms with Gasteiger partial charge in [0.2, 0.25) is 0 Å². The van der Waals surface area contributed by atoms with E-state index in [1.165, 1.54) is 11.3 Å². The van der Waals surface area contributed by atoms with Crippen LogP contribution in [0.5, 0.6) is 0 Å². The van der Waals surface area contributed by atoms with E-state index in [-0.39, 0.29) is 18.7 Å². The smallest absolute Gasteiger partial charge is 0.331 e. The molecule has 0 aromatic carbocycles. The number of ether oxygens (including phenoxy) is 1. The van der Waals surface area contributed by atoms with Crippen molar-refractivity contribution in [2.75, 3.05) is 13.2 Å². The third kappa shape index (κ3) is 2.29. The number of thiazole rings is 1. The molecular weight excluding hydrogens is 244 g/mol. The first-order valence-electron chi connectivity index (χ1n) is 5.09. The van der Waals surface area contributed by atoms with Crippen LogP contribution in [0.2, 0.25) is 0 Å². The summed E-state index contributed by atoms with van der Waals surface area (Å²) in [5, 5.41) is 14.0. The molecule has 0 saturated carbocycles. The Kier molecular flexibility index (Phi) is 3.12. The van der Waals surface area contributed by atoms with Gasteiger partial charge in [-0.25, -0.2) is 9.78 Å². The van der Waals surface area contributed by atoms with Crippen molar-refractivity contribution in [3.8, 4) is 0 Å². The number of carboxylic acids is 1. The second kappa shape index (κ2) is 4.42. The van der Waals surface area contributed by atoms with Gasteiger partial charge in [0, 0.05) is 18.4 Å². The van der Waals surface area contributed by atoms with Gasteiger partial charge in [0.05, 0.1) is 11.6 Å². The van der Waals surface area contributed by atoms with E-state index in [0.29, 0.717) is 6.61 Å². The van der Waals surface area contributed by atoms with Crippen LogP contribution < -0.4 is 5.32 Å². The van der Waals surface area contributed by atoms with Crippen molar-refractivity contribution >= 4 is 23.2 Å². The monoisotopic (exact) mass is 256 g/mol. The lowest BCUT2D eigenvalue weighted by Gasteiger charge is -2.22. The van der Waals surface area contributed by atoms with Crippen LogP contribution in [0.15, 0.2) is 5.38 Å². The molecule has 2 rings (SSSR count). The average Bonchev–Trinajstić information content (AvgIpc) is 2.87. The molecule has 2 N–H and O–H groups in total. The maximum Gasteiger partial charge on any atom is 0.331 e. The largest absolute Gasteiger partial charge is 0.479 e. The molecule has 17 heavy (non-hydrogen) atoms. The number of hydrogen-bond acceptors (Lipinski definition) is 5. The Labute approximate surface area is 102 Å². The summed E-state index contributed by atoms with van der Waals surface area (Å²) in [6, 6.07) is 0. The minimum absolute atomic E-state index is 0.00279. The summed E-state index contributed by atoms with van der Waals surface area (Å²) in [6.07, 6.45) is 0.275. The molecule has 0 spiro atoms. The number of amides is 1. The van der Waals surface area contributed by atoms with Crippen molar-refractivity contribution in [2.45, 2.75) is 18.9 Å². The summed E-state index contributed by atoms with van der Waals surface area (Å²) in [7, 11) is 0. The summed E-state index contributed by atoms with van der Waals surface area (Å²) >= 11 is 1.35. The van der Waals surface area contributed by atoms with Gasteiger partial charge < -0.3 is 15.2 Å². The van der Waals surface area contributed by atoms with Gasteiger partial charge in [0.25, 0.3) is 5.91 Å². The molecule has 1 aromatic rings. The molecule has 0 bridgehead atoms. The van der Waals surface area contributed by atoms with E-state index in [0.717, 1.165) is 5.01 Å². The number of carbonyl (C=O) groups excluding carboxylic acids is 1. The standard InChI is InChI=1S/C10H12N2O4S/c1-6-11-7(4-17-6)8(13)12-10(9(14)15)2-3-16-5-10/h4H,2-3,5H2,1H3,(H,12,13)(H,14,15). The Balaban J connectivity index is 2.14. The first-order valence-corrected chi connectivity index (χ1v) is 5.97. The van der Waals surface area contributed by atoms with E-state index in [4.69, 9.17) is 9.84 Å². The molecule has 1 aliphatic heterocycles. The fraction of sp³-hybridized carbons (Fsp3) is 0.500. The third-order valence-corrected chi connectivity index (χ3v) is 3.41. The van der Waals surface area contributed by atoms with Crippen molar-refractivity contribution < 1.29 is 19.4 Å². The summed E-state index contributed by atoms with van der Waals surface area (Å²) in [5.41, 5.74) is -1.06. The summed E-state index contributed by atoms with van der Waals surface area (Å²) in [5.74, 6) is -1.54. The highest BCUT2D eigenvalue weighted by atomic mass is 32.1. The molecule has 92 valence electrons. The Morgan fingerprint density at radius 2 is 2.41 bits per heavy atom. The second-order valence-electron chi connectivity index (χ2n) is 3.90. The van der Waals surface area contributed by atoms with E-state index in [9.17, 15) is 9.59 Å². The molecule has 1 aromatic heterocycles. The lowest BCUT2D eigenvalue weighted by atomic mass is 9.99. The first kappa shape index (κ1) is 12.0. The fourth-order valence-corrected chi connectivity index (χ4v) is 2.23. The van der Waals surface area contributed by atoms with Crippen molar-refractivity contribution in [3.05, 3.63) is 16.1 Å². The normalized spacial score (nSPS) is 23.6. The van der Waals surface area contributed by atoms with Crippen LogP contribution in [-0.4, -0.2) is 40.7 Å². The average molecular weight is 256 g/mol. The lowest BCUT2D eigenvalue weighted by Crippen LogP contribution is -2.55. The summed E-state index contributed by atoms with van der Waals surface area (Å²) in [6.45, 7) is 2.12. The zero-order valence-electron chi connectivity index (χ0n) is 9.23.